The number of rotatable bonds is 5. The minimum absolute atomic E-state index is 0.0469. The summed E-state index contributed by atoms with van der Waals surface area (Å²) in [6, 6.07) is 9.77. The van der Waals surface area contributed by atoms with Gasteiger partial charge in [0.25, 0.3) is 0 Å². The minimum Gasteiger partial charge on any atom is -0.375 e. The van der Waals surface area contributed by atoms with Gasteiger partial charge in [-0.05, 0) is 25.1 Å². The van der Waals surface area contributed by atoms with Crippen LogP contribution in [-0.2, 0) is 10.5 Å². The number of hydrogen-bond donors (Lipinski definition) is 0. The first-order chi connectivity index (χ1) is 9.22. The first-order valence-electron chi connectivity index (χ1n) is 5.83. The zero-order valence-electron chi connectivity index (χ0n) is 10.8. The first-order valence-corrected chi connectivity index (χ1v) is 7.69. The zero-order valence-corrected chi connectivity index (χ0v) is 12.4. The van der Waals surface area contributed by atoms with Crippen molar-refractivity contribution in [1.29, 1.82) is 5.26 Å². The monoisotopic (exact) mass is 290 g/mol. The highest BCUT2D eigenvalue weighted by atomic mass is 32.2. The predicted octanol–water partition coefficient (Wildman–Crippen LogP) is 4.01. The van der Waals surface area contributed by atoms with Crippen LogP contribution in [0.3, 0.4) is 0 Å². The molecule has 0 fully saturated rings. The molecule has 0 aliphatic heterocycles. The Morgan fingerprint density at radius 3 is 3.11 bits per heavy atom. The summed E-state index contributed by atoms with van der Waals surface area (Å²) in [4.78, 5) is 5.64. The second kappa shape index (κ2) is 6.71. The Hall–Kier alpha value is -1.35. The Bertz CT molecular complexity index is 589. The molecule has 1 heterocycles. The molecule has 0 bridgehead atoms. The van der Waals surface area contributed by atoms with Crippen molar-refractivity contribution < 1.29 is 4.74 Å². The van der Waals surface area contributed by atoms with Crippen LogP contribution in [-0.4, -0.2) is 12.1 Å². The van der Waals surface area contributed by atoms with Crippen molar-refractivity contribution in [2.24, 2.45) is 0 Å². The largest absolute Gasteiger partial charge is 0.375 e. The number of benzene rings is 1. The summed E-state index contributed by atoms with van der Waals surface area (Å²) >= 11 is 3.31. The summed E-state index contributed by atoms with van der Waals surface area (Å²) in [5, 5.41) is 11.9. The average molecular weight is 290 g/mol. The average Bonchev–Trinajstić information content (AvgIpc) is 2.93. The van der Waals surface area contributed by atoms with Gasteiger partial charge in [0.05, 0.1) is 17.3 Å². The van der Waals surface area contributed by atoms with Gasteiger partial charge in [-0.25, -0.2) is 4.98 Å². The first kappa shape index (κ1) is 14.1. The Morgan fingerprint density at radius 1 is 1.53 bits per heavy atom. The summed E-state index contributed by atoms with van der Waals surface area (Å²) in [6.45, 7) is 1.99. The van der Waals surface area contributed by atoms with Crippen LogP contribution in [0.2, 0.25) is 0 Å². The molecule has 0 aliphatic rings. The van der Waals surface area contributed by atoms with Crippen LogP contribution in [0.5, 0.6) is 0 Å². The molecule has 0 spiro atoms. The molecule has 0 radical (unpaired) electrons. The van der Waals surface area contributed by atoms with Crippen LogP contribution in [0, 0.1) is 11.3 Å². The molecule has 0 saturated carbocycles. The van der Waals surface area contributed by atoms with Gasteiger partial charge in [0.15, 0.2) is 0 Å². The molecule has 2 rings (SSSR count). The lowest BCUT2D eigenvalue weighted by atomic mass is 10.2. The zero-order chi connectivity index (χ0) is 13.7. The van der Waals surface area contributed by atoms with Crippen molar-refractivity contribution >= 4 is 23.1 Å². The molecule has 98 valence electrons. The van der Waals surface area contributed by atoms with Crippen molar-refractivity contribution in [3.8, 4) is 6.07 Å². The normalized spacial score (nSPS) is 12.1. The molecule has 1 unspecified atom stereocenters. The third kappa shape index (κ3) is 3.80. The highest BCUT2D eigenvalue weighted by Gasteiger charge is 2.09. The molecule has 0 saturated heterocycles. The van der Waals surface area contributed by atoms with E-state index in [0.717, 1.165) is 21.3 Å². The molecule has 1 aromatic heterocycles. The molecule has 3 nitrogen and oxygen atoms in total. The molecule has 0 amide bonds. The van der Waals surface area contributed by atoms with Crippen molar-refractivity contribution in [1.82, 2.24) is 4.98 Å². The lowest BCUT2D eigenvalue weighted by molar-refractivity contribution is 0.119. The van der Waals surface area contributed by atoms with E-state index in [9.17, 15) is 0 Å². The molecule has 1 aromatic carbocycles. The van der Waals surface area contributed by atoms with Crippen LogP contribution >= 0.6 is 23.1 Å². The van der Waals surface area contributed by atoms with Crippen LogP contribution in [0.4, 0.5) is 0 Å². The fraction of sp³-hybridized carbons (Fsp3) is 0.286. The highest BCUT2D eigenvalue weighted by molar-refractivity contribution is 7.98. The SMILES string of the molecule is COC(C)c1nc(CSc2cccc(C#N)c2)cs1. The van der Waals surface area contributed by atoms with Crippen LogP contribution in [0.25, 0.3) is 0 Å². The van der Waals surface area contributed by atoms with Gasteiger partial charge in [0.2, 0.25) is 0 Å². The quantitative estimate of drug-likeness (QED) is 0.780. The Morgan fingerprint density at radius 2 is 2.37 bits per heavy atom. The summed E-state index contributed by atoms with van der Waals surface area (Å²) in [6.07, 6.45) is 0.0469. The summed E-state index contributed by atoms with van der Waals surface area (Å²) < 4.78 is 5.25. The predicted molar refractivity (Wildman–Crippen MR) is 78.3 cm³/mol. The van der Waals surface area contributed by atoms with E-state index < -0.39 is 0 Å². The summed E-state index contributed by atoms with van der Waals surface area (Å²) in [5.74, 6) is 0.807. The van der Waals surface area contributed by atoms with E-state index in [-0.39, 0.29) is 6.10 Å². The summed E-state index contributed by atoms with van der Waals surface area (Å²) in [5.41, 5.74) is 1.74. The van der Waals surface area contributed by atoms with Crippen LogP contribution in [0.1, 0.15) is 29.3 Å². The second-order valence-electron chi connectivity index (χ2n) is 3.98. The molecular weight excluding hydrogens is 276 g/mol. The van der Waals surface area contributed by atoms with E-state index in [1.165, 1.54) is 0 Å². The number of ether oxygens (including phenoxy) is 1. The van der Waals surface area contributed by atoms with E-state index in [1.54, 1.807) is 30.2 Å². The molecule has 0 aliphatic carbocycles. The Balaban J connectivity index is 1.98. The van der Waals surface area contributed by atoms with Gasteiger partial charge >= 0.3 is 0 Å². The molecule has 1 atom stereocenters. The molecule has 5 heteroatoms. The van der Waals surface area contributed by atoms with Crippen LogP contribution in [0.15, 0.2) is 34.5 Å². The molecule has 0 N–H and O–H groups in total. The topological polar surface area (TPSA) is 45.9 Å². The molecular formula is C14H14N2OS2. The number of nitrogens with zero attached hydrogens (tertiary/aromatic N) is 2. The highest BCUT2D eigenvalue weighted by Crippen LogP contribution is 2.26. The number of nitriles is 1. The van der Waals surface area contributed by atoms with Gasteiger partial charge in [0.1, 0.15) is 11.1 Å². The van der Waals surface area contributed by atoms with Crippen LogP contribution < -0.4 is 0 Å². The van der Waals surface area contributed by atoms with Crippen molar-refractivity contribution in [3.05, 3.63) is 45.9 Å². The Labute approximate surface area is 121 Å². The third-order valence-electron chi connectivity index (χ3n) is 2.62. The number of thiazole rings is 1. The second-order valence-corrected chi connectivity index (χ2v) is 5.92. The van der Waals surface area contributed by atoms with Gasteiger partial charge < -0.3 is 4.74 Å². The van der Waals surface area contributed by atoms with Gasteiger partial charge in [-0.3, -0.25) is 0 Å². The number of thioether (sulfide) groups is 1. The van der Waals surface area contributed by atoms with E-state index in [2.05, 4.69) is 16.4 Å². The fourth-order valence-corrected chi connectivity index (χ4v) is 3.29. The van der Waals surface area contributed by atoms with E-state index in [1.807, 2.05) is 31.2 Å². The molecule has 2 aromatic rings. The maximum absolute atomic E-state index is 8.86. The van der Waals surface area contributed by atoms with Gasteiger partial charge in [0, 0.05) is 23.1 Å². The van der Waals surface area contributed by atoms with Crippen molar-refractivity contribution in [2.75, 3.05) is 7.11 Å². The van der Waals surface area contributed by atoms with Crippen molar-refractivity contribution in [2.45, 2.75) is 23.7 Å². The standard InChI is InChI=1S/C14H14N2OS2/c1-10(17-2)14-16-12(9-19-14)8-18-13-5-3-4-11(6-13)7-15/h3-6,9-10H,8H2,1-2H3. The molecule has 19 heavy (non-hydrogen) atoms. The lowest BCUT2D eigenvalue weighted by Crippen LogP contribution is -1.95. The number of methoxy groups -OCH3 is 1. The van der Waals surface area contributed by atoms with E-state index in [4.69, 9.17) is 10.00 Å². The smallest absolute Gasteiger partial charge is 0.122 e. The minimum atomic E-state index is 0.0469. The number of hydrogen-bond acceptors (Lipinski definition) is 5. The van der Waals surface area contributed by atoms with E-state index >= 15 is 0 Å². The van der Waals surface area contributed by atoms with Gasteiger partial charge in [-0.2, -0.15) is 5.26 Å². The number of aromatic nitrogens is 1. The fourth-order valence-electron chi connectivity index (χ4n) is 1.49. The lowest BCUT2D eigenvalue weighted by Gasteiger charge is -2.03. The Kier molecular flexibility index (Phi) is 4.97. The van der Waals surface area contributed by atoms with Crippen molar-refractivity contribution in [3.63, 3.8) is 0 Å². The van der Waals surface area contributed by atoms with E-state index in [0.29, 0.717) is 5.56 Å². The third-order valence-corrected chi connectivity index (χ3v) is 4.70. The van der Waals surface area contributed by atoms with Gasteiger partial charge in [-0.1, -0.05) is 6.07 Å². The van der Waals surface area contributed by atoms with Gasteiger partial charge in [-0.15, -0.1) is 23.1 Å². The maximum atomic E-state index is 8.86. The maximum Gasteiger partial charge on any atom is 0.122 e. The summed E-state index contributed by atoms with van der Waals surface area (Å²) in [7, 11) is 1.69.